The molecule has 0 aliphatic rings. The second kappa shape index (κ2) is 8.97. The average molecular weight is 320 g/mol. The highest BCUT2D eigenvalue weighted by Gasteiger charge is 2.22. The zero-order valence-corrected chi connectivity index (χ0v) is 14.1. The normalized spacial score (nSPS) is 13.3. The molecule has 0 saturated carbocycles. The Morgan fingerprint density at radius 2 is 1.52 bits per heavy atom. The summed E-state index contributed by atoms with van der Waals surface area (Å²) in [5, 5.41) is 10.2. The number of methoxy groups -OCH3 is 3. The minimum atomic E-state index is -0.613. The Labute approximate surface area is 132 Å². The van der Waals surface area contributed by atoms with Crippen LogP contribution in [-0.2, 0) is 0 Å². The summed E-state index contributed by atoms with van der Waals surface area (Å²) in [6, 6.07) is 3.05. The Hall–Kier alpha value is -1.17. The van der Waals surface area contributed by atoms with Crippen LogP contribution in [-0.4, -0.2) is 32.5 Å². The van der Waals surface area contributed by atoms with Crippen molar-refractivity contribution < 1.29 is 19.3 Å². The molecule has 1 rings (SSSR count). The molecule has 0 unspecified atom stereocenters. The number of rotatable bonds is 7. The van der Waals surface area contributed by atoms with Gasteiger partial charge in [-0.25, -0.2) is 0 Å². The maximum atomic E-state index is 10.2. The molecule has 0 spiro atoms. The smallest absolute Gasteiger partial charge is 0.203 e. The largest absolute Gasteiger partial charge is 0.493 e. The highest BCUT2D eigenvalue weighted by atomic mass is 35.5. The molecule has 0 aliphatic carbocycles. The van der Waals surface area contributed by atoms with E-state index in [0.717, 1.165) is 5.56 Å². The number of hydrogen-bond acceptors (Lipinski definition) is 5. The molecule has 21 heavy (non-hydrogen) atoms. The van der Waals surface area contributed by atoms with Gasteiger partial charge in [-0.1, -0.05) is 13.8 Å². The second-order valence-corrected chi connectivity index (χ2v) is 5.18. The van der Waals surface area contributed by atoms with Gasteiger partial charge in [0.1, 0.15) is 0 Å². The van der Waals surface area contributed by atoms with Gasteiger partial charge in [0.15, 0.2) is 11.5 Å². The molecule has 122 valence electrons. The van der Waals surface area contributed by atoms with Gasteiger partial charge in [0.05, 0.1) is 33.5 Å². The summed E-state index contributed by atoms with van der Waals surface area (Å²) in [6.45, 7) is 4.09. The fourth-order valence-corrected chi connectivity index (χ4v) is 2.15. The van der Waals surface area contributed by atoms with Crippen LogP contribution < -0.4 is 19.9 Å². The van der Waals surface area contributed by atoms with Crippen LogP contribution in [0.1, 0.15) is 31.9 Å². The zero-order chi connectivity index (χ0) is 15.3. The summed E-state index contributed by atoms with van der Waals surface area (Å²) in [5.74, 6) is 1.96. The summed E-state index contributed by atoms with van der Waals surface area (Å²) < 4.78 is 15.8. The molecule has 5 nitrogen and oxygen atoms in total. The number of ether oxygens (including phenoxy) is 3. The van der Waals surface area contributed by atoms with Crippen molar-refractivity contribution in [2.45, 2.75) is 32.4 Å². The van der Waals surface area contributed by atoms with Gasteiger partial charge in [-0.3, -0.25) is 0 Å². The lowest BCUT2D eigenvalue weighted by atomic mass is 9.95. The highest BCUT2D eigenvalue weighted by molar-refractivity contribution is 5.85. The molecule has 0 bridgehead atoms. The molecule has 0 aliphatic heterocycles. The Kier molecular flexibility index (Phi) is 8.47. The topological polar surface area (TPSA) is 73.9 Å². The van der Waals surface area contributed by atoms with E-state index in [1.54, 1.807) is 33.5 Å². The Balaban J connectivity index is 0.00000400. The summed E-state index contributed by atoms with van der Waals surface area (Å²) in [5.41, 5.74) is 6.88. The molecule has 0 amide bonds. The zero-order valence-electron chi connectivity index (χ0n) is 13.3. The van der Waals surface area contributed by atoms with Crippen LogP contribution in [0.3, 0.4) is 0 Å². The molecule has 1 aromatic rings. The highest BCUT2D eigenvalue weighted by Crippen LogP contribution is 2.40. The van der Waals surface area contributed by atoms with Gasteiger partial charge in [0.2, 0.25) is 5.75 Å². The molecule has 2 atom stereocenters. The molecule has 1 aromatic carbocycles. The average Bonchev–Trinajstić information content (AvgIpc) is 2.43. The van der Waals surface area contributed by atoms with Crippen LogP contribution in [0.2, 0.25) is 0 Å². The SMILES string of the molecule is COc1cc([C@@H](N)[C@@H](O)CC(C)C)cc(OC)c1OC.Cl. The Morgan fingerprint density at radius 1 is 1.05 bits per heavy atom. The summed E-state index contributed by atoms with van der Waals surface area (Å²) in [7, 11) is 4.65. The first-order valence-corrected chi connectivity index (χ1v) is 6.68. The van der Waals surface area contributed by atoms with Crippen LogP contribution in [0, 0.1) is 5.92 Å². The van der Waals surface area contributed by atoms with Crippen molar-refractivity contribution in [1.82, 2.24) is 0 Å². The van der Waals surface area contributed by atoms with E-state index in [-0.39, 0.29) is 12.4 Å². The van der Waals surface area contributed by atoms with Crippen molar-refractivity contribution in [3.63, 3.8) is 0 Å². The fraction of sp³-hybridized carbons (Fsp3) is 0.600. The lowest BCUT2D eigenvalue weighted by molar-refractivity contribution is 0.121. The van der Waals surface area contributed by atoms with Crippen molar-refractivity contribution in [3.8, 4) is 17.2 Å². The van der Waals surface area contributed by atoms with E-state index in [1.807, 2.05) is 13.8 Å². The molecule has 0 heterocycles. The number of nitrogens with two attached hydrogens (primary N) is 1. The van der Waals surface area contributed by atoms with Gasteiger partial charge in [-0.2, -0.15) is 0 Å². The number of aliphatic hydroxyl groups is 1. The predicted octanol–water partition coefficient (Wildman–Crippen LogP) is 2.54. The molecule has 0 aromatic heterocycles. The van der Waals surface area contributed by atoms with Crippen molar-refractivity contribution in [3.05, 3.63) is 17.7 Å². The van der Waals surface area contributed by atoms with Crippen molar-refractivity contribution in [2.24, 2.45) is 11.7 Å². The number of aliphatic hydroxyl groups excluding tert-OH is 1. The van der Waals surface area contributed by atoms with Crippen molar-refractivity contribution in [2.75, 3.05) is 21.3 Å². The van der Waals surface area contributed by atoms with E-state index in [2.05, 4.69) is 0 Å². The van der Waals surface area contributed by atoms with Gasteiger partial charge in [0.25, 0.3) is 0 Å². The van der Waals surface area contributed by atoms with Gasteiger partial charge < -0.3 is 25.1 Å². The van der Waals surface area contributed by atoms with Crippen molar-refractivity contribution in [1.29, 1.82) is 0 Å². The summed E-state index contributed by atoms with van der Waals surface area (Å²) in [6.07, 6.45) is 0.0236. The lowest BCUT2D eigenvalue weighted by Gasteiger charge is -2.22. The first-order valence-electron chi connectivity index (χ1n) is 6.68. The molecule has 3 N–H and O–H groups in total. The summed E-state index contributed by atoms with van der Waals surface area (Å²) in [4.78, 5) is 0. The van der Waals surface area contributed by atoms with Crippen LogP contribution in [0.5, 0.6) is 17.2 Å². The van der Waals surface area contributed by atoms with Crippen LogP contribution in [0.25, 0.3) is 0 Å². The first-order chi connectivity index (χ1) is 9.44. The van der Waals surface area contributed by atoms with Gasteiger partial charge in [-0.15, -0.1) is 12.4 Å². The van der Waals surface area contributed by atoms with E-state index in [1.165, 1.54) is 0 Å². The number of halogens is 1. The summed E-state index contributed by atoms with van der Waals surface area (Å²) >= 11 is 0. The molecular formula is C15H26ClNO4. The number of hydrogen-bond donors (Lipinski definition) is 2. The quantitative estimate of drug-likeness (QED) is 0.808. The van der Waals surface area contributed by atoms with Gasteiger partial charge in [0, 0.05) is 0 Å². The maximum Gasteiger partial charge on any atom is 0.203 e. The molecular weight excluding hydrogens is 294 g/mol. The monoisotopic (exact) mass is 319 g/mol. The fourth-order valence-electron chi connectivity index (χ4n) is 2.15. The second-order valence-electron chi connectivity index (χ2n) is 5.18. The van der Waals surface area contributed by atoms with E-state index in [9.17, 15) is 5.11 Å². The molecule has 0 radical (unpaired) electrons. The standard InChI is InChI=1S/C15H25NO4.ClH/c1-9(2)6-11(17)14(16)10-7-12(18-3)15(20-5)13(8-10)19-4;/h7-9,11,14,17H,6,16H2,1-5H3;1H/t11-,14+;/m0./s1. The maximum absolute atomic E-state index is 10.2. The van der Waals surface area contributed by atoms with Crippen LogP contribution in [0.15, 0.2) is 12.1 Å². The van der Waals surface area contributed by atoms with Crippen LogP contribution >= 0.6 is 12.4 Å². The lowest BCUT2D eigenvalue weighted by Crippen LogP contribution is -2.27. The van der Waals surface area contributed by atoms with Gasteiger partial charge in [-0.05, 0) is 30.0 Å². The minimum absolute atomic E-state index is 0. The third kappa shape index (κ3) is 4.95. The molecule has 0 saturated heterocycles. The van der Waals surface area contributed by atoms with E-state index in [4.69, 9.17) is 19.9 Å². The molecule has 0 fully saturated rings. The van der Waals surface area contributed by atoms with Crippen molar-refractivity contribution >= 4 is 12.4 Å². The van der Waals surface area contributed by atoms with Gasteiger partial charge >= 0.3 is 0 Å². The Morgan fingerprint density at radius 3 is 1.86 bits per heavy atom. The Bertz CT molecular complexity index is 415. The number of benzene rings is 1. The van der Waals surface area contributed by atoms with E-state index < -0.39 is 12.1 Å². The van der Waals surface area contributed by atoms with Crippen LogP contribution in [0.4, 0.5) is 0 Å². The van der Waals surface area contributed by atoms with E-state index >= 15 is 0 Å². The van der Waals surface area contributed by atoms with E-state index in [0.29, 0.717) is 29.6 Å². The first kappa shape index (κ1) is 19.8. The third-order valence-corrected chi connectivity index (χ3v) is 3.20. The molecule has 6 heteroatoms. The third-order valence-electron chi connectivity index (χ3n) is 3.20. The predicted molar refractivity (Wildman–Crippen MR) is 85.7 cm³/mol. The minimum Gasteiger partial charge on any atom is -0.493 e.